The van der Waals surface area contributed by atoms with Gasteiger partial charge in [0, 0.05) is 14.8 Å². The molecule has 2 aromatic carbocycles. The Labute approximate surface area is 103 Å². The highest BCUT2D eigenvalue weighted by molar-refractivity contribution is 8.33. The fourth-order valence-electron chi connectivity index (χ4n) is 2.41. The van der Waals surface area contributed by atoms with Crippen LogP contribution in [-0.2, 0) is 0 Å². The van der Waals surface area contributed by atoms with Crippen molar-refractivity contribution in [2.75, 3.05) is 12.5 Å². The quantitative estimate of drug-likeness (QED) is 0.628. The lowest BCUT2D eigenvalue weighted by Crippen LogP contribution is -1.91. The van der Waals surface area contributed by atoms with Gasteiger partial charge in [0.2, 0.25) is 0 Å². The van der Waals surface area contributed by atoms with Crippen LogP contribution in [0.4, 0.5) is 0 Å². The van der Waals surface area contributed by atoms with Crippen LogP contribution in [0.3, 0.4) is 0 Å². The van der Waals surface area contributed by atoms with Crippen LogP contribution < -0.4 is 0 Å². The molecule has 0 amide bonds. The molecule has 1 aliphatic rings. The summed E-state index contributed by atoms with van der Waals surface area (Å²) in [6, 6.07) is 15.0. The van der Waals surface area contributed by atoms with Crippen molar-refractivity contribution in [3.8, 4) is 11.1 Å². The summed E-state index contributed by atoms with van der Waals surface area (Å²) < 4.78 is 0. The van der Waals surface area contributed by atoms with Gasteiger partial charge in [-0.25, -0.2) is 0 Å². The van der Waals surface area contributed by atoms with Crippen molar-refractivity contribution < 1.29 is 0 Å². The molecule has 2 heteroatoms. The molecular weight excluding hydrogens is 236 g/mol. The Balaban J connectivity index is 2.40. The molecule has 0 nitrogen and oxygen atoms in total. The van der Waals surface area contributed by atoms with E-state index in [9.17, 15) is 0 Å². The van der Waals surface area contributed by atoms with Crippen molar-refractivity contribution in [2.45, 2.75) is 9.79 Å². The average molecular weight is 249 g/mol. The van der Waals surface area contributed by atoms with Crippen LogP contribution in [0, 0.1) is 0 Å². The fraction of sp³-hybridized carbons (Fsp3) is 0.143. The molecule has 0 unspecified atom stereocenters. The second-order valence-corrected chi connectivity index (χ2v) is 8.43. The Morgan fingerprint density at radius 2 is 1.56 bits per heavy atom. The third kappa shape index (κ3) is 1.25. The van der Waals surface area contributed by atoms with Gasteiger partial charge in [0.05, 0.1) is 0 Å². The molecule has 1 aliphatic heterocycles. The van der Waals surface area contributed by atoms with Gasteiger partial charge in [-0.3, -0.25) is 0 Å². The van der Waals surface area contributed by atoms with Crippen molar-refractivity contribution in [3.05, 3.63) is 47.5 Å². The van der Waals surface area contributed by atoms with E-state index in [1.165, 1.54) is 20.9 Å². The first-order valence-corrected chi connectivity index (χ1v) is 8.06. The molecule has 0 saturated carbocycles. The van der Waals surface area contributed by atoms with Crippen LogP contribution in [0.2, 0.25) is 5.02 Å². The zero-order valence-corrected chi connectivity index (χ0v) is 10.9. The number of halogens is 1. The molecular formula is C14H13ClS. The Morgan fingerprint density at radius 3 is 2.38 bits per heavy atom. The van der Waals surface area contributed by atoms with E-state index in [4.69, 9.17) is 11.6 Å². The number of hydrogen-bond donors (Lipinski definition) is 0. The summed E-state index contributed by atoms with van der Waals surface area (Å²) in [5, 5.41) is 0.825. The van der Waals surface area contributed by atoms with E-state index < -0.39 is 10.0 Å². The third-order valence-electron chi connectivity index (χ3n) is 3.22. The van der Waals surface area contributed by atoms with E-state index in [-0.39, 0.29) is 0 Å². The van der Waals surface area contributed by atoms with Gasteiger partial charge >= 0.3 is 0 Å². The molecule has 0 spiro atoms. The van der Waals surface area contributed by atoms with Crippen molar-refractivity contribution in [1.29, 1.82) is 0 Å². The monoisotopic (exact) mass is 248 g/mol. The second kappa shape index (κ2) is 3.28. The third-order valence-corrected chi connectivity index (χ3v) is 6.36. The highest BCUT2D eigenvalue weighted by Gasteiger charge is 2.30. The molecule has 82 valence electrons. The van der Waals surface area contributed by atoms with Crippen LogP contribution >= 0.6 is 21.6 Å². The second-order valence-electron chi connectivity index (χ2n) is 4.46. The van der Waals surface area contributed by atoms with Gasteiger partial charge in [-0.2, -0.15) is 10.0 Å². The van der Waals surface area contributed by atoms with Gasteiger partial charge in [0.25, 0.3) is 0 Å². The molecule has 3 rings (SSSR count). The van der Waals surface area contributed by atoms with Crippen LogP contribution in [0.15, 0.2) is 52.3 Å². The zero-order chi connectivity index (χ0) is 11.3. The average Bonchev–Trinajstić information content (AvgIpc) is 2.49. The van der Waals surface area contributed by atoms with Crippen LogP contribution in [0.1, 0.15) is 0 Å². The maximum absolute atomic E-state index is 6.09. The van der Waals surface area contributed by atoms with Gasteiger partial charge in [0.1, 0.15) is 0 Å². The van der Waals surface area contributed by atoms with E-state index in [1.54, 1.807) is 0 Å². The van der Waals surface area contributed by atoms with Crippen molar-refractivity contribution in [3.63, 3.8) is 0 Å². The van der Waals surface area contributed by atoms with E-state index in [1.807, 2.05) is 6.07 Å². The van der Waals surface area contributed by atoms with Gasteiger partial charge in [0.15, 0.2) is 0 Å². The van der Waals surface area contributed by atoms with Gasteiger partial charge in [-0.15, -0.1) is 0 Å². The van der Waals surface area contributed by atoms with E-state index in [2.05, 4.69) is 48.9 Å². The SMILES string of the molecule is CS1(C)c2ccccc2-c2cc(Cl)ccc21. The van der Waals surface area contributed by atoms with Crippen LogP contribution in [-0.4, -0.2) is 12.5 Å². The first-order chi connectivity index (χ1) is 7.60. The van der Waals surface area contributed by atoms with Crippen molar-refractivity contribution >= 4 is 21.6 Å². The lowest BCUT2D eigenvalue weighted by molar-refractivity contribution is 1.45. The zero-order valence-electron chi connectivity index (χ0n) is 9.33. The molecule has 0 aromatic heterocycles. The highest BCUT2D eigenvalue weighted by Crippen LogP contribution is 2.67. The Hall–Kier alpha value is -0.920. The van der Waals surface area contributed by atoms with E-state index in [0.29, 0.717) is 0 Å². The smallest absolute Gasteiger partial charge is 0.0412 e. The molecule has 0 saturated heterocycles. The van der Waals surface area contributed by atoms with Gasteiger partial charge in [-0.1, -0.05) is 29.8 Å². The predicted molar refractivity (Wildman–Crippen MR) is 72.9 cm³/mol. The summed E-state index contributed by atoms with van der Waals surface area (Å²) in [6.07, 6.45) is 4.71. The van der Waals surface area contributed by atoms with Crippen molar-refractivity contribution in [2.24, 2.45) is 0 Å². The molecule has 0 bridgehead atoms. The molecule has 16 heavy (non-hydrogen) atoms. The molecule has 0 atom stereocenters. The molecule has 0 N–H and O–H groups in total. The summed E-state index contributed by atoms with van der Waals surface area (Å²) in [5.41, 5.74) is 2.68. The maximum Gasteiger partial charge on any atom is 0.0412 e. The minimum absolute atomic E-state index is 0.825. The van der Waals surface area contributed by atoms with Gasteiger partial charge < -0.3 is 0 Å². The minimum atomic E-state index is -0.840. The fourth-order valence-corrected chi connectivity index (χ4v) is 5.09. The maximum atomic E-state index is 6.09. The summed E-state index contributed by atoms with van der Waals surface area (Å²) in [6.45, 7) is 0. The molecule has 2 aromatic rings. The molecule has 0 radical (unpaired) electrons. The topological polar surface area (TPSA) is 0 Å². The Bertz CT molecular complexity index is 573. The van der Waals surface area contributed by atoms with Crippen LogP contribution in [0.25, 0.3) is 11.1 Å². The minimum Gasteiger partial charge on any atom is -0.192 e. The number of hydrogen-bond acceptors (Lipinski definition) is 0. The standard InChI is InChI=1S/C14H13ClS/c1-16(2)13-6-4-3-5-11(13)12-9-10(15)7-8-14(12)16/h3-9H,1-2H3. The number of rotatable bonds is 0. The van der Waals surface area contributed by atoms with Crippen molar-refractivity contribution in [1.82, 2.24) is 0 Å². The number of benzene rings is 2. The molecule has 0 aliphatic carbocycles. The van der Waals surface area contributed by atoms with E-state index in [0.717, 1.165) is 5.02 Å². The largest absolute Gasteiger partial charge is 0.192 e. The Kier molecular flexibility index (Phi) is 2.10. The lowest BCUT2D eigenvalue weighted by atomic mass is 10.1. The summed E-state index contributed by atoms with van der Waals surface area (Å²) in [7, 11) is -0.840. The van der Waals surface area contributed by atoms with Crippen LogP contribution in [0.5, 0.6) is 0 Å². The summed E-state index contributed by atoms with van der Waals surface area (Å²) >= 11 is 6.09. The summed E-state index contributed by atoms with van der Waals surface area (Å²) in [5.74, 6) is 0. The molecule has 1 heterocycles. The number of fused-ring (bicyclic) bond motifs is 3. The normalized spacial score (nSPS) is 17.7. The first-order valence-electron chi connectivity index (χ1n) is 5.23. The van der Waals surface area contributed by atoms with Gasteiger partial charge in [-0.05, 0) is 47.9 Å². The molecule has 0 fully saturated rings. The summed E-state index contributed by atoms with van der Waals surface area (Å²) in [4.78, 5) is 2.94. The van der Waals surface area contributed by atoms with E-state index >= 15 is 0 Å². The predicted octanol–water partition coefficient (Wildman–Crippen LogP) is 4.80. The lowest BCUT2D eigenvalue weighted by Gasteiger charge is -2.27. The first kappa shape index (κ1) is 10.2. The Morgan fingerprint density at radius 1 is 0.875 bits per heavy atom. The highest BCUT2D eigenvalue weighted by atomic mass is 35.5.